The predicted octanol–water partition coefficient (Wildman–Crippen LogP) is 3.81. The normalized spacial score (nSPS) is 10.9. The van der Waals surface area contributed by atoms with Crippen LogP contribution < -0.4 is 0 Å². The Morgan fingerprint density at radius 3 is 2.27 bits per heavy atom. The largest absolute Gasteiger partial charge is 0.378 e. The van der Waals surface area contributed by atoms with Gasteiger partial charge in [0.25, 0.3) is 0 Å². The van der Waals surface area contributed by atoms with Gasteiger partial charge in [0.05, 0.1) is 0 Å². The minimum Gasteiger partial charge on any atom is -0.378 e. The molecule has 0 bridgehead atoms. The minimum atomic E-state index is -0.839. The van der Waals surface area contributed by atoms with Crippen molar-refractivity contribution in [2.45, 2.75) is 64.9 Å². The molecule has 88 valence electrons. The van der Waals surface area contributed by atoms with Crippen LogP contribution in [0.1, 0.15) is 59.3 Å². The topological polar surface area (TPSA) is 20.2 Å². The van der Waals surface area contributed by atoms with E-state index < -0.39 is 5.60 Å². The second-order valence-electron chi connectivity index (χ2n) is 4.40. The number of unbranched alkanes of at least 4 members (excludes halogenated alkanes) is 5. The van der Waals surface area contributed by atoms with E-state index in [2.05, 4.69) is 18.1 Å². The van der Waals surface area contributed by atoms with E-state index in [1.807, 2.05) is 0 Å². The Bertz CT molecular complexity index is 195. The summed E-state index contributed by atoms with van der Waals surface area (Å²) in [6.07, 6.45) is 7.97. The zero-order valence-electron chi connectivity index (χ0n) is 10.3. The maximum Gasteiger partial charge on any atom is 0.120 e. The summed E-state index contributed by atoms with van der Waals surface area (Å²) >= 11 is 1.62. The molecule has 0 aliphatic carbocycles. The predicted molar refractivity (Wildman–Crippen MR) is 69.9 cm³/mol. The average molecular weight is 228 g/mol. The van der Waals surface area contributed by atoms with E-state index in [1.54, 1.807) is 25.6 Å². The Kier molecular flexibility index (Phi) is 9.04. The van der Waals surface area contributed by atoms with Crippen LogP contribution in [-0.2, 0) is 0 Å². The molecule has 0 aliphatic rings. The molecule has 0 unspecified atom stereocenters. The molecule has 1 nitrogen and oxygen atoms in total. The zero-order valence-corrected chi connectivity index (χ0v) is 11.1. The van der Waals surface area contributed by atoms with Crippen molar-refractivity contribution in [2.75, 3.05) is 5.75 Å². The smallest absolute Gasteiger partial charge is 0.120 e. The summed E-state index contributed by atoms with van der Waals surface area (Å²) in [6.45, 7) is 5.67. The van der Waals surface area contributed by atoms with Crippen LogP contribution in [0.25, 0.3) is 0 Å². The van der Waals surface area contributed by atoms with Gasteiger partial charge in [-0.3, -0.25) is 0 Å². The Morgan fingerprint density at radius 2 is 1.67 bits per heavy atom. The highest BCUT2D eigenvalue weighted by atomic mass is 32.2. The summed E-state index contributed by atoms with van der Waals surface area (Å²) in [7, 11) is 0. The van der Waals surface area contributed by atoms with E-state index in [4.69, 9.17) is 0 Å². The fraction of sp³-hybridized carbons (Fsp3) is 0.846. The number of hydrogen-bond acceptors (Lipinski definition) is 2. The molecule has 0 atom stereocenters. The average Bonchev–Trinajstić information content (AvgIpc) is 2.14. The molecule has 0 aromatic rings. The highest BCUT2D eigenvalue weighted by Crippen LogP contribution is 2.09. The van der Waals surface area contributed by atoms with Crippen molar-refractivity contribution in [3.8, 4) is 11.2 Å². The summed E-state index contributed by atoms with van der Waals surface area (Å²) in [5.74, 6) is 3.89. The van der Waals surface area contributed by atoms with E-state index in [0.29, 0.717) is 0 Å². The first-order chi connectivity index (χ1) is 7.06. The number of aliphatic hydroxyl groups is 1. The van der Waals surface area contributed by atoms with Crippen LogP contribution in [0.2, 0.25) is 0 Å². The second kappa shape index (κ2) is 9.12. The molecular formula is C13H24OS. The molecule has 15 heavy (non-hydrogen) atoms. The minimum absolute atomic E-state index is 0.839. The first kappa shape index (κ1) is 14.9. The van der Waals surface area contributed by atoms with Gasteiger partial charge in [0, 0.05) is 5.75 Å². The van der Waals surface area contributed by atoms with Crippen LogP contribution in [0.4, 0.5) is 0 Å². The fourth-order valence-electron chi connectivity index (χ4n) is 1.17. The van der Waals surface area contributed by atoms with Gasteiger partial charge in [-0.05, 0) is 25.5 Å². The molecule has 0 amide bonds. The summed E-state index contributed by atoms with van der Waals surface area (Å²) < 4.78 is 0. The van der Waals surface area contributed by atoms with Crippen molar-refractivity contribution >= 4 is 11.8 Å². The third-order valence-electron chi connectivity index (χ3n) is 2.03. The highest BCUT2D eigenvalue weighted by molar-refractivity contribution is 8.03. The lowest BCUT2D eigenvalue weighted by Gasteiger charge is -2.05. The number of thioether (sulfide) groups is 1. The standard InChI is InChI=1S/C13H24OS/c1-4-5-6-7-8-9-11-15-12-10-13(2,3)14/h14H,4-9,11H2,1-3H3. The van der Waals surface area contributed by atoms with E-state index in [0.717, 1.165) is 5.75 Å². The molecule has 0 saturated carbocycles. The van der Waals surface area contributed by atoms with Gasteiger partial charge in [-0.15, -0.1) is 0 Å². The van der Waals surface area contributed by atoms with Gasteiger partial charge in [0.15, 0.2) is 0 Å². The molecular weight excluding hydrogens is 204 g/mol. The van der Waals surface area contributed by atoms with Crippen molar-refractivity contribution in [1.82, 2.24) is 0 Å². The monoisotopic (exact) mass is 228 g/mol. The fourth-order valence-corrected chi connectivity index (χ4v) is 1.94. The molecule has 1 N–H and O–H groups in total. The van der Waals surface area contributed by atoms with Gasteiger partial charge >= 0.3 is 0 Å². The molecule has 0 spiro atoms. The van der Waals surface area contributed by atoms with Gasteiger partial charge in [-0.1, -0.05) is 56.7 Å². The lowest BCUT2D eigenvalue weighted by Crippen LogP contribution is -2.14. The van der Waals surface area contributed by atoms with Crippen LogP contribution in [0.5, 0.6) is 0 Å². The van der Waals surface area contributed by atoms with Gasteiger partial charge in [-0.25, -0.2) is 0 Å². The third kappa shape index (κ3) is 13.9. The molecule has 2 heteroatoms. The lowest BCUT2D eigenvalue weighted by atomic mass is 10.1. The summed E-state index contributed by atoms with van der Waals surface area (Å²) in [4.78, 5) is 0. The molecule has 0 aromatic heterocycles. The highest BCUT2D eigenvalue weighted by Gasteiger charge is 2.05. The summed E-state index contributed by atoms with van der Waals surface area (Å²) in [6, 6.07) is 0. The third-order valence-corrected chi connectivity index (χ3v) is 2.77. The molecule has 0 rings (SSSR count). The number of rotatable bonds is 7. The lowest BCUT2D eigenvalue weighted by molar-refractivity contribution is 0.144. The number of hydrogen-bond donors (Lipinski definition) is 1. The molecule has 0 radical (unpaired) electrons. The SMILES string of the molecule is CCCCCCCCSC#CC(C)(C)O. The summed E-state index contributed by atoms with van der Waals surface area (Å²) in [5.41, 5.74) is -0.839. The Hall–Kier alpha value is -0.130. The van der Waals surface area contributed by atoms with Crippen LogP contribution in [0.3, 0.4) is 0 Å². The first-order valence-corrected chi connectivity index (χ1v) is 6.91. The van der Waals surface area contributed by atoms with E-state index in [1.165, 1.54) is 38.5 Å². The Morgan fingerprint density at radius 1 is 1.07 bits per heavy atom. The maximum atomic E-state index is 9.33. The molecule has 0 aromatic carbocycles. The van der Waals surface area contributed by atoms with Crippen molar-refractivity contribution in [3.05, 3.63) is 0 Å². The molecule has 0 fully saturated rings. The van der Waals surface area contributed by atoms with Crippen LogP contribution in [0.15, 0.2) is 0 Å². The zero-order chi connectivity index (χ0) is 11.6. The molecule has 0 aliphatic heterocycles. The van der Waals surface area contributed by atoms with Gasteiger partial charge in [0.2, 0.25) is 0 Å². The quantitative estimate of drug-likeness (QED) is 0.528. The summed E-state index contributed by atoms with van der Waals surface area (Å²) in [5, 5.41) is 12.3. The van der Waals surface area contributed by atoms with Crippen molar-refractivity contribution in [2.24, 2.45) is 0 Å². The van der Waals surface area contributed by atoms with Crippen molar-refractivity contribution in [1.29, 1.82) is 0 Å². The van der Waals surface area contributed by atoms with E-state index >= 15 is 0 Å². The first-order valence-electron chi connectivity index (χ1n) is 5.92. The van der Waals surface area contributed by atoms with Crippen LogP contribution >= 0.6 is 11.8 Å². The second-order valence-corrected chi connectivity index (χ2v) is 5.30. The van der Waals surface area contributed by atoms with Crippen molar-refractivity contribution in [3.63, 3.8) is 0 Å². The van der Waals surface area contributed by atoms with E-state index in [9.17, 15) is 5.11 Å². The van der Waals surface area contributed by atoms with Crippen LogP contribution in [-0.4, -0.2) is 16.5 Å². The van der Waals surface area contributed by atoms with Gasteiger partial charge in [-0.2, -0.15) is 0 Å². The maximum absolute atomic E-state index is 9.33. The van der Waals surface area contributed by atoms with Crippen molar-refractivity contribution < 1.29 is 5.11 Å². The Labute approximate surface area is 99.0 Å². The van der Waals surface area contributed by atoms with E-state index in [-0.39, 0.29) is 0 Å². The molecule has 0 heterocycles. The van der Waals surface area contributed by atoms with Crippen LogP contribution in [0, 0.1) is 11.2 Å². The van der Waals surface area contributed by atoms with Gasteiger partial charge in [0.1, 0.15) is 5.60 Å². The molecule has 0 saturated heterocycles. The Balaban J connectivity index is 3.21. The van der Waals surface area contributed by atoms with Gasteiger partial charge < -0.3 is 5.11 Å².